The van der Waals surface area contributed by atoms with Crippen LogP contribution in [0.4, 0.5) is 5.69 Å². The molecule has 2 aliphatic rings. The molecule has 2 N–H and O–H groups in total. The maximum absolute atomic E-state index is 12.1. The average Bonchev–Trinajstić information content (AvgIpc) is 3.13. The molecule has 1 heterocycles. The molecule has 2 amide bonds. The van der Waals surface area contributed by atoms with Crippen molar-refractivity contribution in [3.63, 3.8) is 0 Å². The Morgan fingerprint density at radius 3 is 2.35 bits per heavy atom. The number of anilines is 1. The van der Waals surface area contributed by atoms with Gasteiger partial charge in [0, 0.05) is 23.2 Å². The quantitative estimate of drug-likeness (QED) is 0.864. The van der Waals surface area contributed by atoms with Gasteiger partial charge in [-0.1, -0.05) is 6.92 Å². The molecule has 1 aromatic carbocycles. The molecule has 0 bridgehead atoms. The minimum absolute atomic E-state index is 0.00640. The van der Waals surface area contributed by atoms with Crippen molar-refractivity contribution in [1.82, 2.24) is 5.32 Å². The predicted octanol–water partition coefficient (Wildman–Crippen LogP) is 1.20. The zero-order chi connectivity index (χ0) is 16.6. The van der Waals surface area contributed by atoms with Gasteiger partial charge in [0.25, 0.3) is 5.91 Å². The summed E-state index contributed by atoms with van der Waals surface area (Å²) in [5.41, 5.74) is 1.11. The Labute approximate surface area is 135 Å². The lowest BCUT2D eigenvalue weighted by molar-refractivity contribution is -0.117. The van der Waals surface area contributed by atoms with Crippen molar-refractivity contribution in [3.05, 3.63) is 29.8 Å². The van der Waals surface area contributed by atoms with Crippen LogP contribution in [-0.4, -0.2) is 37.8 Å². The Bertz CT molecular complexity index is 727. The minimum Gasteiger partial charge on any atom is -0.348 e. The summed E-state index contributed by atoms with van der Waals surface area (Å²) in [6, 6.07) is 6.31. The molecule has 3 atom stereocenters. The molecule has 6 nitrogen and oxygen atoms in total. The number of amides is 2. The molecular formula is C16H20N2O4S. The van der Waals surface area contributed by atoms with Crippen molar-refractivity contribution in [2.75, 3.05) is 16.8 Å². The monoisotopic (exact) mass is 336 g/mol. The van der Waals surface area contributed by atoms with Crippen LogP contribution in [0.25, 0.3) is 0 Å². The standard InChI is InChI=1S/C16H20N2O4S/c1-10-8-14(10)16(20)17-12-4-2-11(3-5-12)15(19)18-13-6-7-23(21,22)9-13/h2-5,10,13-14H,6-9H2,1H3,(H,17,20)(H,18,19)/t10-,13+,14+/m1/s1. The van der Waals surface area contributed by atoms with E-state index in [1.807, 2.05) is 6.92 Å². The Morgan fingerprint density at radius 1 is 1.17 bits per heavy atom. The maximum Gasteiger partial charge on any atom is 0.251 e. The number of carbonyl (C=O) groups is 2. The second-order valence-electron chi connectivity index (χ2n) is 6.46. The number of hydrogen-bond donors (Lipinski definition) is 2. The first kappa shape index (κ1) is 16.0. The highest BCUT2D eigenvalue weighted by molar-refractivity contribution is 7.91. The van der Waals surface area contributed by atoms with Crippen LogP contribution in [0.1, 0.15) is 30.1 Å². The largest absolute Gasteiger partial charge is 0.348 e. The molecule has 1 saturated heterocycles. The van der Waals surface area contributed by atoms with Crippen LogP contribution >= 0.6 is 0 Å². The van der Waals surface area contributed by atoms with Gasteiger partial charge in [0.2, 0.25) is 5.91 Å². The molecular weight excluding hydrogens is 316 g/mol. The summed E-state index contributed by atoms with van der Waals surface area (Å²) in [5.74, 6) is 0.409. The third-order valence-electron chi connectivity index (χ3n) is 4.43. The van der Waals surface area contributed by atoms with Crippen LogP contribution in [0.3, 0.4) is 0 Å². The Balaban J connectivity index is 1.56. The summed E-state index contributed by atoms with van der Waals surface area (Å²) < 4.78 is 22.8. The van der Waals surface area contributed by atoms with E-state index in [0.29, 0.717) is 23.6 Å². The topological polar surface area (TPSA) is 92.3 Å². The van der Waals surface area contributed by atoms with Crippen LogP contribution in [0.5, 0.6) is 0 Å². The number of nitrogens with one attached hydrogen (secondary N) is 2. The summed E-state index contributed by atoms with van der Waals surface area (Å²) in [4.78, 5) is 24.0. The highest BCUT2D eigenvalue weighted by Crippen LogP contribution is 2.38. The molecule has 0 radical (unpaired) electrons. The summed E-state index contributed by atoms with van der Waals surface area (Å²) in [5, 5.41) is 5.57. The summed E-state index contributed by atoms with van der Waals surface area (Å²) in [6.45, 7) is 2.04. The van der Waals surface area contributed by atoms with Crippen molar-refractivity contribution in [2.24, 2.45) is 11.8 Å². The van der Waals surface area contributed by atoms with Gasteiger partial charge >= 0.3 is 0 Å². The summed E-state index contributed by atoms with van der Waals surface area (Å²) in [7, 11) is -3.01. The molecule has 2 fully saturated rings. The van der Waals surface area contributed by atoms with Crippen LogP contribution in [-0.2, 0) is 14.6 Å². The fourth-order valence-electron chi connectivity index (χ4n) is 2.80. The smallest absolute Gasteiger partial charge is 0.251 e. The van der Waals surface area contributed by atoms with E-state index in [0.717, 1.165) is 6.42 Å². The molecule has 1 aliphatic carbocycles. The van der Waals surface area contributed by atoms with Gasteiger partial charge < -0.3 is 10.6 Å². The molecule has 3 rings (SSSR count). The molecule has 1 saturated carbocycles. The van der Waals surface area contributed by atoms with Gasteiger partial charge in [-0.15, -0.1) is 0 Å². The van der Waals surface area contributed by atoms with Crippen LogP contribution < -0.4 is 10.6 Å². The summed E-state index contributed by atoms with van der Waals surface area (Å²) >= 11 is 0. The predicted molar refractivity (Wildman–Crippen MR) is 86.9 cm³/mol. The molecule has 0 aromatic heterocycles. The summed E-state index contributed by atoms with van der Waals surface area (Å²) in [6.07, 6.45) is 1.39. The molecule has 1 aliphatic heterocycles. The molecule has 0 unspecified atom stereocenters. The maximum atomic E-state index is 12.1. The molecule has 23 heavy (non-hydrogen) atoms. The van der Waals surface area contributed by atoms with E-state index in [1.165, 1.54) is 0 Å². The SMILES string of the molecule is C[C@@H]1C[C@@H]1C(=O)Nc1ccc(C(=O)N[C@H]2CCS(=O)(=O)C2)cc1. The Hall–Kier alpha value is -1.89. The number of carbonyl (C=O) groups excluding carboxylic acids is 2. The molecule has 0 spiro atoms. The lowest BCUT2D eigenvalue weighted by Gasteiger charge is -2.11. The van der Waals surface area contributed by atoms with Gasteiger partial charge in [0.1, 0.15) is 0 Å². The van der Waals surface area contributed by atoms with Crippen molar-refractivity contribution in [2.45, 2.75) is 25.8 Å². The zero-order valence-electron chi connectivity index (χ0n) is 12.9. The minimum atomic E-state index is -3.01. The first-order valence-electron chi connectivity index (χ1n) is 7.76. The zero-order valence-corrected chi connectivity index (χ0v) is 13.7. The normalized spacial score (nSPS) is 28.1. The van der Waals surface area contributed by atoms with Crippen molar-refractivity contribution >= 4 is 27.3 Å². The van der Waals surface area contributed by atoms with Crippen molar-refractivity contribution in [3.8, 4) is 0 Å². The van der Waals surface area contributed by atoms with Gasteiger partial charge in [0.05, 0.1) is 11.5 Å². The number of rotatable bonds is 4. The average molecular weight is 336 g/mol. The highest BCUT2D eigenvalue weighted by Gasteiger charge is 2.39. The molecule has 1 aromatic rings. The second-order valence-corrected chi connectivity index (χ2v) is 8.69. The van der Waals surface area contributed by atoms with E-state index in [2.05, 4.69) is 10.6 Å². The molecule has 7 heteroatoms. The van der Waals surface area contributed by atoms with Crippen LogP contribution in [0.15, 0.2) is 24.3 Å². The van der Waals surface area contributed by atoms with Gasteiger partial charge in [-0.25, -0.2) is 8.42 Å². The lowest BCUT2D eigenvalue weighted by Crippen LogP contribution is -2.35. The van der Waals surface area contributed by atoms with E-state index in [1.54, 1.807) is 24.3 Å². The van der Waals surface area contributed by atoms with Gasteiger partial charge in [-0.2, -0.15) is 0 Å². The third kappa shape index (κ3) is 3.90. The number of sulfone groups is 1. The van der Waals surface area contributed by atoms with Crippen molar-refractivity contribution < 1.29 is 18.0 Å². The van der Waals surface area contributed by atoms with E-state index >= 15 is 0 Å². The lowest BCUT2D eigenvalue weighted by atomic mass is 10.1. The first-order valence-corrected chi connectivity index (χ1v) is 9.58. The van der Waals surface area contributed by atoms with E-state index < -0.39 is 9.84 Å². The first-order chi connectivity index (χ1) is 10.8. The van der Waals surface area contributed by atoms with Gasteiger partial charge in [-0.05, 0) is 43.0 Å². The van der Waals surface area contributed by atoms with Gasteiger partial charge in [-0.3, -0.25) is 9.59 Å². The Kier molecular flexibility index (Phi) is 4.14. The third-order valence-corrected chi connectivity index (χ3v) is 6.20. The van der Waals surface area contributed by atoms with Crippen molar-refractivity contribution in [1.29, 1.82) is 0 Å². The van der Waals surface area contributed by atoms with Gasteiger partial charge in [0.15, 0.2) is 9.84 Å². The second kappa shape index (κ2) is 5.96. The number of benzene rings is 1. The Morgan fingerprint density at radius 2 is 1.83 bits per heavy atom. The van der Waals surface area contributed by atoms with Crippen LogP contribution in [0, 0.1) is 11.8 Å². The van der Waals surface area contributed by atoms with E-state index in [-0.39, 0.29) is 35.3 Å². The molecule has 124 valence electrons. The van der Waals surface area contributed by atoms with E-state index in [9.17, 15) is 18.0 Å². The number of hydrogen-bond acceptors (Lipinski definition) is 4. The fraction of sp³-hybridized carbons (Fsp3) is 0.500. The fourth-order valence-corrected chi connectivity index (χ4v) is 4.48. The highest BCUT2D eigenvalue weighted by atomic mass is 32.2. The van der Waals surface area contributed by atoms with Crippen LogP contribution in [0.2, 0.25) is 0 Å². The van der Waals surface area contributed by atoms with E-state index in [4.69, 9.17) is 0 Å².